The molecule has 3 heterocycles. The Labute approximate surface area is 151 Å². The third kappa shape index (κ3) is 2.16. The van der Waals surface area contributed by atoms with E-state index >= 15 is 0 Å². The molecule has 0 N–H and O–H groups in total. The van der Waals surface area contributed by atoms with Gasteiger partial charge in [0.1, 0.15) is 11.2 Å². The average molecular weight is 343 g/mol. The number of rotatable bonds is 2. The van der Waals surface area contributed by atoms with Crippen LogP contribution in [0, 0.1) is 0 Å². The first-order valence-corrected chi connectivity index (χ1v) is 9.20. The van der Waals surface area contributed by atoms with Crippen LogP contribution >= 0.6 is 0 Å². The first-order chi connectivity index (χ1) is 12.5. The van der Waals surface area contributed by atoms with Crippen molar-refractivity contribution in [3.63, 3.8) is 0 Å². The van der Waals surface area contributed by atoms with Crippen molar-refractivity contribution < 1.29 is 8.83 Å². The Morgan fingerprint density at radius 1 is 0.615 bits per heavy atom. The molecule has 5 aromatic rings. The largest absolute Gasteiger partial charge is 0.438 e. The molecule has 0 atom stereocenters. The van der Waals surface area contributed by atoms with Gasteiger partial charge in [0.25, 0.3) is 0 Å². The predicted molar refractivity (Wildman–Crippen MR) is 107 cm³/mol. The molecule has 3 aromatic heterocycles. The number of pyridine rings is 1. The summed E-state index contributed by atoms with van der Waals surface area (Å²) in [5, 5.41) is 4.34. The summed E-state index contributed by atoms with van der Waals surface area (Å²) in [5.41, 5.74) is 5.63. The van der Waals surface area contributed by atoms with Crippen molar-refractivity contribution in [2.24, 2.45) is 0 Å². The van der Waals surface area contributed by atoms with E-state index in [1.54, 1.807) is 0 Å². The molecule has 0 radical (unpaired) electrons. The van der Waals surface area contributed by atoms with E-state index in [0.717, 1.165) is 32.7 Å². The summed E-state index contributed by atoms with van der Waals surface area (Å²) >= 11 is 0. The highest BCUT2D eigenvalue weighted by atomic mass is 16.4. The van der Waals surface area contributed by atoms with Crippen LogP contribution < -0.4 is 0 Å². The SMILES string of the molecule is CC(C)c1ccc2oc3nc4oc5ccc(C(C)C)cc5c4cc3c2c1. The van der Waals surface area contributed by atoms with Crippen molar-refractivity contribution >= 4 is 44.1 Å². The van der Waals surface area contributed by atoms with Crippen molar-refractivity contribution in [1.82, 2.24) is 4.98 Å². The van der Waals surface area contributed by atoms with E-state index in [1.165, 1.54) is 11.1 Å². The second-order valence-electron chi connectivity index (χ2n) is 7.72. The van der Waals surface area contributed by atoms with E-state index in [0.29, 0.717) is 23.3 Å². The van der Waals surface area contributed by atoms with Crippen LogP contribution in [0.2, 0.25) is 0 Å². The highest BCUT2D eigenvalue weighted by Crippen LogP contribution is 2.36. The molecule has 0 saturated carbocycles. The molecule has 2 aromatic carbocycles. The van der Waals surface area contributed by atoms with Crippen LogP contribution in [0.15, 0.2) is 51.3 Å². The van der Waals surface area contributed by atoms with Gasteiger partial charge in [-0.05, 0) is 53.3 Å². The Morgan fingerprint density at radius 2 is 1.08 bits per heavy atom. The standard InChI is InChI=1S/C23H21NO2/c1-12(2)14-5-7-20-16(9-14)18-11-19-17-10-15(13(3)4)6-8-21(17)26-23(19)24-22(18)25-20/h5-13H,1-4H3. The number of nitrogens with zero attached hydrogens (tertiary/aromatic N) is 1. The first-order valence-electron chi connectivity index (χ1n) is 9.20. The molecule has 130 valence electrons. The normalized spacial score (nSPS) is 12.5. The Bertz CT molecular complexity index is 1190. The summed E-state index contributed by atoms with van der Waals surface area (Å²) in [6, 6.07) is 15.0. The lowest BCUT2D eigenvalue weighted by molar-refractivity contribution is 0.631. The van der Waals surface area contributed by atoms with Crippen LogP contribution in [0.5, 0.6) is 0 Å². The van der Waals surface area contributed by atoms with Gasteiger partial charge in [0.05, 0.1) is 0 Å². The maximum Gasteiger partial charge on any atom is 0.230 e. The molecule has 0 aliphatic rings. The molecule has 0 fully saturated rings. The Balaban J connectivity index is 1.86. The zero-order valence-corrected chi connectivity index (χ0v) is 15.5. The summed E-state index contributed by atoms with van der Waals surface area (Å²) in [6.45, 7) is 8.82. The zero-order chi connectivity index (χ0) is 18.0. The summed E-state index contributed by atoms with van der Waals surface area (Å²) < 4.78 is 12.0. The Morgan fingerprint density at radius 3 is 1.50 bits per heavy atom. The van der Waals surface area contributed by atoms with Crippen molar-refractivity contribution in [2.45, 2.75) is 39.5 Å². The van der Waals surface area contributed by atoms with Crippen molar-refractivity contribution in [3.05, 3.63) is 53.6 Å². The lowest BCUT2D eigenvalue weighted by Gasteiger charge is -2.04. The van der Waals surface area contributed by atoms with Crippen LogP contribution in [0.4, 0.5) is 0 Å². The first kappa shape index (κ1) is 15.4. The maximum absolute atomic E-state index is 5.98. The number of benzene rings is 2. The topological polar surface area (TPSA) is 39.2 Å². The number of hydrogen-bond acceptors (Lipinski definition) is 3. The molecule has 0 saturated heterocycles. The minimum Gasteiger partial charge on any atom is -0.438 e. The van der Waals surface area contributed by atoms with Crippen LogP contribution in [0.1, 0.15) is 50.7 Å². The fourth-order valence-corrected chi connectivity index (χ4v) is 3.64. The Kier molecular flexibility index (Phi) is 3.17. The molecule has 0 unspecified atom stereocenters. The lowest BCUT2D eigenvalue weighted by Crippen LogP contribution is -1.85. The molecule has 3 heteroatoms. The number of aromatic nitrogens is 1. The van der Waals surface area contributed by atoms with Crippen molar-refractivity contribution in [3.8, 4) is 0 Å². The van der Waals surface area contributed by atoms with E-state index in [2.05, 4.69) is 63.0 Å². The van der Waals surface area contributed by atoms with Gasteiger partial charge in [0.15, 0.2) is 0 Å². The second-order valence-corrected chi connectivity index (χ2v) is 7.72. The molecule has 0 amide bonds. The molecular formula is C23H21NO2. The third-order valence-electron chi connectivity index (χ3n) is 5.29. The van der Waals surface area contributed by atoms with Gasteiger partial charge in [0.2, 0.25) is 11.4 Å². The van der Waals surface area contributed by atoms with Crippen LogP contribution in [-0.4, -0.2) is 4.98 Å². The fraction of sp³-hybridized carbons (Fsp3) is 0.261. The monoisotopic (exact) mass is 343 g/mol. The van der Waals surface area contributed by atoms with Gasteiger partial charge in [-0.3, -0.25) is 0 Å². The van der Waals surface area contributed by atoms with E-state index in [1.807, 2.05) is 12.1 Å². The third-order valence-corrected chi connectivity index (χ3v) is 5.29. The number of hydrogen-bond donors (Lipinski definition) is 0. The van der Waals surface area contributed by atoms with Gasteiger partial charge in [-0.25, -0.2) is 0 Å². The minimum absolute atomic E-state index is 0.476. The van der Waals surface area contributed by atoms with Crippen molar-refractivity contribution in [2.75, 3.05) is 0 Å². The lowest BCUT2D eigenvalue weighted by atomic mass is 10.00. The zero-order valence-electron chi connectivity index (χ0n) is 15.5. The highest BCUT2D eigenvalue weighted by Gasteiger charge is 2.16. The molecular weight excluding hydrogens is 322 g/mol. The summed E-state index contributed by atoms with van der Waals surface area (Å²) in [6.07, 6.45) is 0. The van der Waals surface area contributed by atoms with Crippen LogP contribution in [0.25, 0.3) is 44.1 Å². The van der Waals surface area contributed by atoms with E-state index in [-0.39, 0.29) is 0 Å². The smallest absolute Gasteiger partial charge is 0.230 e. The molecule has 0 bridgehead atoms. The molecule has 3 nitrogen and oxygen atoms in total. The van der Waals surface area contributed by atoms with E-state index in [4.69, 9.17) is 8.83 Å². The van der Waals surface area contributed by atoms with E-state index in [9.17, 15) is 0 Å². The van der Waals surface area contributed by atoms with Gasteiger partial charge in [0, 0.05) is 21.5 Å². The average Bonchev–Trinajstić information content (AvgIpc) is 3.15. The van der Waals surface area contributed by atoms with Gasteiger partial charge < -0.3 is 8.83 Å². The number of furan rings is 2. The van der Waals surface area contributed by atoms with Gasteiger partial charge in [-0.1, -0.05) is 39.8 Å². The molecule has 5 rings (SSSR count). The van der Waals surface area contributed by atoms with Crippen molar-refractivity contribution in [1.29, 1.82) is 0 Å². The summed E-state index contributed by atoms with van der Waals surface area (Å²) in [7, 11) is 0. The van der Waals surface area contributed by atoms with Crippen LogP contribution in [0.3, 0.4) is 0 Å². The molecule has 26 heavy (non-hydrogen) atoms. The minimum atomic E-state index is 0.476. The van der Waals surface area contributed by atoms with Crippen LogP contribution in [-0.2, 0) is 0 Å². The maximum atomic E-state index is 5.98. The van der Waals surface area contributed by atoms with Gasteiger partial charge in [-0.15, -0.1) is 0 Å². The highest BCUT2D eigenvalue weighted by molar-refractivity contribution is 6.12. The summed E-state index contributed by atoms with van der Waals surface area (Å²) in [5.74, 6) is 0.953. The molecule has 0 aliphatic heterocycles. The molecule has 0 spiro atoms. The van der Waals surface area contributed by atoms with E-state index < -0.39 is 0 Å². The quantitative estimate of drug-likeness (QED) is 0.342. The van der Waals surface area contributed by atoms with Gasteiger partial charge in [-0.2, -0.15) is 4.98 Å². The Hall–Kier alpha value is -2.81. The fourth-order valence-electron chi connectivity index (χ4n) is 3.64. The molecule has 0 aliphatic carbocycles. The number of fused-ring (bicyclic) bond motifs is 6. The second kappa shape index (κ2) is 5.34. The van der Waals surface area contributed by atoms with Gasteiger partial charge >= 0.3 is 0 Å². The summed E-state index contributed by atoms with van der Waals surface area (Å²) in [4.78, 5) is 4.67. The predicted octanol–water partition coefficient (Wildman–Crippen LogP) is 7.13.